The number of hydrogen-bond acceptors (Lipinski definition) is 2. The maximum absolute atomic E-state index is 11.4. The van der Waals surface area contributed by atoms with Crippen molar-refractivity contribution >= 4 is 28.9 Å². The average Bonchev–Trinajstić information content (AvgIpc) is 2.79. The highest BCUT2D eigenvalue weighted by molar-refractivity contribution is 6.33. The monoisotopic (exact) mass is 306 g/mol. The Morgan fingerprint density at radius 2 is 1.95 bits per heavy atom. The van der Waals surface area contributed by atoms with Crippen molar-refractivity contribution in [3.05, 3.63) is 22.7 Å². The zero-order valence-corrected chi connectivity index (χ0v) is 13.5. The third-order valence-corrected chi connectivity index (χ3v) is 5.20. The van der Waals surface area contributed by atoms with E-state index in [0.29, 0.717) is 17.5 Å². The molecular weight excluding hydrogens is 284 g/mol. The van der Waals surface area contributed by atoms with Crippen molar-refractivity contribution in [1.82, 2.24) is 0 Å². The van der Waals surface area contributed by atoms with Crippen LogP contribution >= 0.6 is 11.6 Å². The number of halogens is 1. The molecule has 0 radical (unpaired) electrons. The predicted octanol–water partition coefficient (Wildman–Crippen LogP) is 4.46. The number of rotatable bonds is 3. The van der Waals surface area contributed by atoms with E-state index in [4.69, 9.17) is 11.6 Å². The molecule has 3 nitrogen and oxygen atoms in total. The van der Waals surface area contributed by atoms with Crippen LogP contribution in [0.4, 0.5) is 11.4 Å². The lowest BCUT2D eigenvalue weighted by atomic mass is 9.79. The van der Waals surface area contributed by atoms with Crippen molar-refractivity contribution in [3.8, 4) is 0 Å². The van der Waals surface area contributed by atoms with Gasteiger partial charge in [-0.15, -0.1) is 0 Å². The van der Waals surface area contributed by atoms with Crippen LogP contribution in [0.5, 0.6) is 0 Å². The molecular formula is C17H23ClN2O. The molecule has 114 valence electrons. The predicted molar refractivity (Wildman–Crippen MR) is 88.0 cm³/mol. The highest BCUT2D eigenvalue weighted by atomic mass is 35.5. The van der Waals surface area contributed by atoms with E-state index in [0.717, 1.165) is 28.8 Å². The van der Waals surface area contributed by atoms with Crippen LogP contribution in [-0.4, -0.2) is 11.9 Å². The maximum atomic E-state index is 11.4. The molecule has 2 N–H and O–H groups in total. The molecule has 1 aromatic carbocycles. The second-order valence-corrected chi connectivity index (χ2v) is 7.12. The van der Waals surface area contributed by atoms with Gasteiger partial charge in [-0.1, -0.05) is 25.4 Å². The molecule has 1 aromatic rings. The van der Waals surface area contributed by atoms with Crippen molar-refractivity contribution in [2.75, 3.05) is 10.6 Å². The van der Waals surface area contributed by atoms with Crippen LogP contribution in [0.3, 0.4) is 0 Å². The fraction of sp³-hybridized carbons (Fsp3) is 0.588. The summed E-state index contributed by atoms with van der Waals surface area (Å²) >= 11 is 6.34. The van der Waals surface area contributed by atoms with Gasteiger partial charge in [-0.3, -0.25) is 4.79 Å². The summed E-state index contributed by atoms with van der Waals surface area (Å²) in [4.78, 5) is 11.4. The molecule has 1 fully saturated rings. The molecule has 21 heavy (non-hydrogen) atoms. The first-order valence-corrected chi connectivity index (χ1v) is 8.29. The van der Waals surface area contributed by atoms with E-state index < -0.39 is 0 Å². The van der Waals surface area contributed by atoms with Crippen LogP contribution in [-0.2, 0) is 11.2 Å². The maximum Gasteiger partial charge on any atom is 0.228 e. The SMILES string of the molecule is CC(C)C1CCC(Nc2cc3c(cc2Cl)NC(=O)C3)CC1. The summed E-state index contributed by atoms with van der Waals surface area (Å²) in [6, 6.07) is 4.40. The summed E-state index contributed by atoms with van der Waals surface area (Å²) in [7, 11) is 0. The minimum atomic E-state index is 0.0515. The van der Waals surface area contributed by atoms with Crippen molar-refractivity contribution in [2.45, 2.75) is 52.0 Å². The van der Waals surface area contributed by atoms with Crippen LogP contribution in [0.15, 0.2) is 12.1 Å². The van der Waals surface area contributed by atoms with Crippen LogP contribution in [0.1, 0.15) is 45.1 Å². The van der Waals surface area contributed by atoms with Gasteiger partial charge in [-0.25, -0.2) is 0 Å². The second kappa shape index (κ2) is 5.88. The number of carbonyl (C=O) groups excluding carboxylic acids is 1. The molecule has 0 atom stereocenters. The van der Waals surface area contributed by atoms with Gasteiger partial charge in [0.1, 0.15) is 0 Å². The van der Waals surface area contributed by atoms with E-state index in [-0.39, 0.29) is 5.91 Å². The Hall–Kier alpha value is -1.22. The summed E-state index contributed by atoms with van der Waals surface area (Å²) < 4.78 is 0. The van der Waals surface area contributed by atoms with E-state index in [9.17, 15) is 4.79 Å². The Morgan fingerprint density at radius 1 is 1.24 bits per heavy atom. The lowest BCUT2D eigenvalue weighted by Gasteiger charge is -2.32. The summed E-state index contributed by atoms with van der Waals surface area (Å²) in [5.41, 5.74) is 2.88. The van der Waals surface area contributed by atoms with E-state index in [1.165, 1.54) is 25.7 Å². The van der Waals surface area contributed by atoms with E-state index >= 15 is 0 Å². The van der Waals surface area contributed by atoms with Crippen LogP contribution in [0, 0.1) is 11.8 Å². The third kappa shape index (κ3) is 3.18. The second-order valence-electron chi connectivity index (χ2n) is 6.71. The first-order chi connectivity index (χ1) is 10.0. The zero-order valence-electron chi connectivity index (χ0n) is 12.7. The third-order valence-electron chi connectivity index (χ3n) is 4.89. The number of hydrogen-bond donors (Lipinski definition) is 2. The number of carbonyl (C=O) groups is 1. The van der Waals surface area contributed by atoms with E-state index in [2.05, 4.69) is 24.5 Å². The average molecular weight is 307 g/mol. The van der Waals surface area contributed by atoms with Crippen LogP contribution < -0.4 is 10.6 Å². The van der Waals surface area contributed by atoms with E-state index in [1.54, 1.807) is 0 Å². The zero-order chi connectivity index (χ0) is 15.0. The van der Waals surface area contributed by atoms with Gasteiger partial charge < -0.3 is 10.6 Å². The van der Waals surface area contributed by atoms with Gasteiger partial charge in [0.05, 0.1) is 17.1 Å². The summed E-state index contributed by atoms with van der Waals surface area (Å²) in [6.07, 6.45) is 5.44. The molecule has 2 aliphatic rings. The van der Waals surface area contributed by atoms with Gasteiger partial charge >= 0.3 is 0 Å². The van der Waals surface area contributed by atoms with Gasteiger partial charge in [0.2, 0.25) is 5.91 Å². The summed E-state index contributed by atoms with van der Waals surface area (Å²) in [6.45, 7) is 4.64. The van der Waals surface area contributed by atoms with Gasteiger partial charge in [0.25, 0.3) is 0 Å². The topological polar surface area (TPSA) is 41.1 Å². The molecule has 0 saturated heterocycles. The minimum Gasteiger partial charge on any atom is -0.381 e. The molecule has 0 spiro atoms. The molecule has 0 unspecified atom stereocenters. The Labute approximate surface area is 131 Å². The molecule has 1 heterocycles. The van der Waals surface area contributed by atoms with Gasteiger partial charge in [-0.05, 0) is 55.2 Å². The first kappa shape index (κ1) is 14.7. The molecule has 1 amide bonds. The highest BCUT2D eigenvalue weighted by Crippen LogP contribution is 2.36. The molecule has 0 aromatic heterocycles. The smallest absolute Gasteiger partial charge is 0.228 e. The van der Waals surface area contributed by atoms with Crippen molar-refractivity contribution < 1.29 is 4.79 Å². The van der Waals surface area contributed by atoms with Crippen molar-refractivity contribution in [1.29, 1.82) is 0 Å². The molecule has 1 aliphatic heterocycles. The van der Waals surface area contributed by atoms with Crippen LogP contribution in [0.2, 0.25) is 5.02 Å². The number of anilines is 2. The number of benzene rings is 1. The van der Waals surface area contributed by atoms with Crippen LogP contribution in [0.25, 0.3) is 0 Å². The Morgan fingerprint density at radius 3 is 2.62 bits per heavy atom. The van der Waals surface area contributed by atoms with Gasteiger partial charge in [0, 0.05) is 11.7 Å². The molecule has 1 saturated carbocycles. The fourth-order valence-electron chi connectivity index (χ4n) is 3.51. The molecule has 3 rings (SSSR count). The molecule has 0 bridgehead atoms. The van der Waals surface area contributed by atoms with E-state index in [1.807, 2.05) is 12.1 Å². The Kier molecular flexibility index (Phi) is 4.12. The lowest BCUT2D eigenvalue weighted by molar-refractivity contribution is -0.115. The largest absolute Gasteiger partial charge is 0.381 e. The standard InChI is InChI=1S/C17H23ClN2O/c1-10(2)11-3-5-13(6-4-11)19-16-7-12-8-17(21)20-15(12)9-14(16)18/h7,9-11,13,19H,3-6,8H2,1-2H3,(H,20,21). The Balaban J connectivity index is 1.66. The van der Waals surface area contributed by atoms with Crippen molar-refractivity contribution in [3.63, 3.8) is 0 Å². The summed E-state index contributed by atoms with van der Waals surface area (Å²) in [5.74, 6) is 1.70. The Bertz CT molecular complexity index is 548. The number of nitrogens with one attached hydrogen (secondary N) is 2. The number of fused-ring (bicyclic) bond motifs is 1. The molecule has 4 heteroatoms. The fourth-order valence-corrected chi connectivity index (χ4v) is 3.73. The summed E-state index contributed by atoms with van der Waals surface area (Å²) in [5, 5.41) is 7.11. The molecule has 1 aliphatic carbocycles. The van der Waals surface area contributed by atoms with Crippen molar-refractivity contribution in [2.24, 2.45) is 11.8 Å². The first-order valence-electron chi connectivity index (χ1n) is 7.91. The number of amides is 1. The van der Waals surface area contributed by atoms with Gasteiger partial charge in [-0.2, -0.15) is 0 Å². The minimum absolute atomic E-state index is 0.0515. The quantitative estimate of drug-likeness (QED) is 0.865. The normalized spacial score (nSPS) is 24.9. The van der Waals surface area contributed by atoms with Gasteiger partial charge in [0.15, 0.2) is 0 Å². The lowest BCUT2D eigenvalue weighted by Crippen LogP contribution is -2.28. The highest BCUT2D eigenvalue weighted by Gasteiger charge is 2.25.